The van der Waals surface area contributed by atoms with E-state index >= 15 is 0 Å². The molecule has 1 aliphatic heterocycles. The first-order valence-electron chi connectivity index (χ1n) is 10.7. The maximum absolute atomic E-state index is 13.0. The first-order chi connectivity index (χ1) is 14.4. The van der Waals surface area contributed by atoms with Crippen molar-refractivity contribution in [2.45, 2.75) is 50.6 Å². The van der Waals surface area contributed by atoms with Crippen LogP contribution in [0.3, 0.4) is 0 Å². The number of carbonyl (C=O) groups is 1. The third-order valence-corrected chi connectivity index (χ3v) is 8.83. The maximum atomic E-state index is 13.0. The second-order valence-corrected chi connectivity index (χ2v) is 10.7. The van der Waals surface area contributed by atoms with Crippen molar-refractivity contribution in [3.8, 4) is 0 Å². The fourth-order valence-corrected chi connectivity index (χ4v) is 6.79. The summed E-state index contributed by atoms with van der Waals surface area (Å²) in [5.74, 6) is -0.237. The summed E-state index contributed by atoms with van der Waals surface area (Å²) in [5, 5.41) is 5.21. The summed E-state index contributed by atoms with van der Waals surface area (Å²) in [6, 6.07) is 10.7. The molecule has 0 radical (unpaired) electrons. The van der Waals surface area contributed by atoms with E-state index in [1.807, 2.05) is 20.8 Å². The second-order valence-electron chi connectivity index (χ2n) is 7.74. The van der Waals surface area contributed by atoms with Crippen LogP contribution in [0.2, 0.25) is 0 Å². The summed E-state index contributed by atoms with van der Waals surface area (Å²) in [6.07, 6.45) is 2.42. The topological polar surface area (TPSA) is 70.9 Å². The van der Waals surface area contributed by atoms with Crippen molar-refractivity contribution < 1.29 is 18.1 Å². The molecule has 8 heteroatoms. The van der Waals surface area contributed by atoms with E-state index in [1.54, 1.807) is 29.5 Å². The molecule has 2 heterocycles. The van der Waals surface area contributed by atoms with Gasteiger partial charge in [0.2, 0.25) is 10.0 Å². The van der Waals surface area contributed by atoms with Crippen molar-refractivity contribution in [3.05, 3.63) is 52.2 Å². The van der Waals surface area contributed by atoms with Crippen molar-refractivity contribution >= 4 is 27.3 Å². The Morgan fingerprint density at radius 3 is 2.47 bits per heavy atom. The van der Waals surface area contributed by atoms with E-state index in [9.17, 15) is 13.2 Å². The Labute approximate surface area is 183 Å². The number of hydrogen-bond acceptors (Lipinski definition) is 4. The van der Waals surface area contributed by atoms with E-state index in [2.05, 4.69) is 22.8 Å². The van der Waals surface area contributed by atoms with Crippen LogP contribution in [0.4, 0.5) is 0 Å². The van der Waals surface area contributed by atoms with Gasteiger partial charge in [-0.25, -0.2) is 8.42 Å². The Hall–Kier alpha value is -1.74. The lowest BCUT2D eigenvalue weighted by atomic mass is 10.1. The van der Waals surface area contributed by atoms with Gasteiger partial charge in [0.05, 0.1) is 28.9 Å². The quantitative estimate of drug-likeness (QED) is 0.616. The molecular formula is C22H32N3O3S2+. The summed E-state index contributed by atoms with van der Waals surface area (Å²) in [4.78, 5) is 15.9. The van der Waals surface area contributed by atoms with Crippen LogP contribution in [-0.2, 0) is 10.0 Å². The van der Waals surface area contributed by atoms with Crippen LogP contribution in [0, 0.1) is 0 Å². The number of likely N-dealkylation sites (tertiary alicyclic amines) is 1. The van der Waals surface area contributed by atoms with E-state index in [0.717, 1.165) is 13.1 Å². The number of nitrogens with zero attached hydrogens (tertiary/aromatic N) is 1. The molecule has 1 saturated heterocycles. The molecule has 3 rings (SSSR count). The van der Waals surface area contributed by atoms with Crippen LogP contribution in [0.15, 0.2) is 46.7 Å². The van der Waals surface area contributed by atoms with Crippen LogP contribution in [0.1, 0.15) is 54.9 Å². The van der Waals surface area contributed by atoms with E-state index in [0.29, 0.717) is 18.7 Å². The molecule has 0 bridgehead atoms. The lowest BCUT2D eigenvalue weighted by molar-refractivity contribution is -0.920. The van der Waals surface area contributed by atoms with Gasteiger partial charge in [0.1, 0.15) is 6.04 Å². The largest absolute Gasteiger partial charge is 0.343 e. The average molecular weight is 451 g/mol. The summed E-state index contributed by atoms with van der Waals surface area (Å²) in [6.45, 7) is 8.68. The number of quaternary nitrogens is 1. The molecule has 6 nitrogen and oxygen atoms in total. The standard InChI is InChI=1S/C22H31N3O3S2/c1-4-25(5-2)30(27,28)19-11-8-10-18(16-19)22(26)23-17(3)21(20-12-9-15-29-20)24-13-6-7-14-24/h8-12,15-17,21H,4-7,13-14H2,1-3H3,(H,23,26)/p+1/t17-,21-/m1/s1. The summed E-state index contributed by atoms with van der Waals surface area (Å²) in [5.41, 5.74) is 0.372. The van der Waals surface area contributed by atoms with E-state index in [4.69, 9.17) is 0 Å². The molecule has 0 aliphatic carbocycles. The molecule has 164 valence electrons. The number of thiophene rings is 1. The first-order valence-corrected chi connectivity index (χ1v) is 13.0. The van der Waals surface area contributed by atoms with Gasteiger partial charge in [-0.15, -0.1) is 11.3 Å². The van der Waals surface area contributed by atoms with Gasteiger partial charge in [0, 0.05) is 31.5 Å². The molecule has 1 amide bonds. The summed E-state index contributed by atoms with van der Waals surface area (Å²) < 4.78 is 27.0. The summed E-state index contributed by atoms with van der Waals surface area (Å²) >= 11 is 1.73. The SMILES string of the molecule is CCN(CC)S(=O)(=O)c1cccc(C(=O)N[C@H](C)[C@H](c2cccs2)[NH+]2CCCC2)c1. The Bertz CT molecular complexity index is 934. The molecule has 2 atom stereocenters. The molecule has 30 heavy (non-hydrogen) atoms. The van der Waals surface area contributed by atoms with E-state index in [-0.39, 0.29) is 22.9 Å². The number of hydrogen-bond donors (Lipinski definition) is 2. The molecular weight excluding hydrogens is 418 g/mol. The number of amides is 1. The Morgan fingerprint density at radius 2 is 1.87 bits per heavy atom. The van der Waals surface area contributed by atoms with Crippen molar-refractivity contribution in [2.75, 3.05) is 26.2 Å². The van der Waals surface area contributed by atoms with Crippen LogP contribution < -0.4 is 10.2 Å². The fraction of sp³-hybridized carbons (Fsp3) is 0.500. The predicted octanol–water partition coefficient (Wildman–Crippen LogP) is 2.32. The molecule has 1 aromatic carbocycles. The highest BCUT2D eigenvalue weighted by atomic mass is 32.2. The molecule has 2 aromatic rings. The molecule has 1 aromatic heterocycles. The predicted molar refractivity (Wildman–Crippen MR) is 120 cm³/mol. The van der Waals surface area contributed by atoms with Gasteiger partial charge < -0.3 is 10.2 Å². The van der Waals surface area contributed by atoms with Gasteiger partial charge in [-0.05, 0) is 36.6 Å². The number of rotatable bonds is 9. The normalized spacial score (nSPS) is 17.2. The first kappa shape index (κ1) is 22.9. The Morgan fingerprint density at radius 1 is 1.17 bits per heavy atom. The molecule has 2 N–H and O–H groups in total. The fourth-order valence-electron chi connectivity index (χ4n) is 4.29. The van der Waals surface area contributed by atoms with Gasteiger partial charge >= 0.3 is 0 Å². The van der Waals surface area contributed by atoms with Gasteiger partial charge in [-0.1, -0.05) is 26.0 Å². The van der Waals surface area contributed by atoms with Crippen LogP contribution in [0.25, 0.3) is 0 Å². The number of benzene rings is 1. The number of sulfonamides is 1. The van der Waals surface area contributed by atoms with Gasteiger partial charge in [0.25, 0.3) is 5.91 Å². The van der Waals surface area contributed by atoms with Gasteiger partial charge in [0.15, 0.2) is 0 Å². The Balaban J connectivity index is 1.80. The van der Waals surface area contributed by atoms with Crippen LogP contribution in [0.5, 0.6) is 0 Å². The minimum absolute atomic E-state index is 0.0627. The monoisotopic (exact) mass is 450 g/mol. The minimum atomic E-state index is -3.60. The third-order valence-electron chi connectivity index (χ3n) is 5.83. The molecule has 1 aliphatic rings. The average Bonchev–Trinajstić information content (AvgIpc) is 3.44. The highest BCUT2D eigenvalue weighted by molar-refractivity contribution is 7.89. The lowest BCUT2D eigenvalue weighted by Gasteiger charge is -2.29. The third kappa shape index (κ3) is 4.94. The van der Waals surface area contributed by atoms with Crippen molar-refractivity contribution in [1.29, 1.82) is 0 Å². The van der Waals surface area contributed by atoms with E-state index < -0.39 is 10.0 Å². The molecule has 1 fully saturated rings. The van der Waals surface area contributed by atoms with Gasteiger partial charge in [-0.3, -0.25) is 4.79 Å². The zero-order chi connectivity index (χ0) is 21.7. The number of carbonyl (C=O) groups excluding carboxylic acids is 1. The zero-order valence-electron chi connectivity index (χ0n) is 17.9. The molecule has 0 unspecified atom stereocenters. The molecule has 0 spiro atoms. The van der Waals surface area contributed by atoms with Crippen LogP contribution >= 0.6 is 11.3 Å². The lowest BCUT2D eigenvalue weighted by Crippen LogP contribution is -3.11. The van der Waals surface area contributed by atoms with Crippen LogP contribution in [-0.4, -0.2) is 50.9 Å². The highest BCUT2D eigenvalue weighted by Gasteiger charge is 2.34. The number of nitrogens with one attached hydrogen (secondary N) is 2. The Kier molecular flexibility index (Phi) is 7.68. The zero-order valence-corrected chi connectivity index (χ0v) is 19.6. The minimum Gasteiger partial charge on any atom is -0.343 e. The molecule has 0 saturated carbocycles. The summed E-state index contributed by atoms with van der Waals surface area (Å²) in [7, 11) is -3.60. The van der Waals surface area contributed by atoms with Crippen molar-refractivity contribution in [2.24, 2.45) is 0 Å². The van der Waals surface area contributed by atoms with Gasteiger partial charge in [-0.2, -0.15) is 4.31 Å². The van der Waals surface area contributed by atoms with Crippen molar-refractivity contribution in [1.82, 2.24) is 9.62 Å². The van der Waals surface area contributed by atoms with E-state index in [1.165, 1.54) is 33.0 Å². The van der Waals surface area contributed by atoms with Crippen molar-refractivity contribution in [3.63, 3.8) is 0 Å². The second kappa shape index (κ2) is 10.0. The highest BCUT2D eigenvalue weighted by Crippen LogP contribution is 2.22. The maximum Gasteiger partial charge on any atom is 0.251 e. The smallest absolute Gasteiger partial charge is 0.251 e.